The Morgan fingerprint density at radius 2 is 1.88 bits per heavy atom. The summed E-state index contributed by atoms with van der Waals surface area (Å²) in [6.07, 6.45) is 2.41. The van der Waals surface area contributed by atoms with Crippen LogP contribution in [0.3, 0.4) is 0 Å². The molecule has 0 atom stereocenters. The monoisotopic (exact) mass is 235 g/mol. The van der Waals surface area contributed by atoms with Crippen molar-refractivity contribution in [1.82, 2.24) is 14.8 Å². The van der Waals surface area contributed by atoms with E-state index in [0.717, 1.165) is 6.20 Å². The fourth-order valence-corrected chi connectivity index (χ4v) is 1.16. The van der Waals surface area contributed by atoms with Gasteiger partial charge in [-0.25, -0.2) is 4.98 Å². The van der Waals surface area contributed by atoms with E-state index >= 15 is 0 Å². The molecule has 0 amide bonds. The van der Waals surface area contributed by atoms with Gasteiger partial charge in [-0.1, -0.05) is 0 Å². The summed E-state index contributed by atoms with van der Waals surface area (Å²) in [5.74, 6) is -0.0474. The molecule has 0 spiro atoms. The molecule has 0 saturated heterocycles. The first-order chi connectivity index (χ1) is 8.08. The second-order valence-corrected chi connectivity index (χ2v) is 3.01. The third-order valence-corrected chi connectivity index (χ3v) is 1.94. The highest BCUT2D eigenvalue weighted by molar-refractivity contribution is 5.33. The molecule has 0 aliphatic heterocycles. The molecule has 0 aliphatic rings. The molecule has 0 unspecified atom stereocenters. The van der Waals surface area contributed by atoms with E-state index in [2.05, 4.69) is 10.1 Å². The first-order valence-electron chi connectivity index (χ1n) is 4.39. The van der Waals surface area contributed by atoms with Crippen molar-refractivity contribution in [2.45, 2.75) is 0 Å². The van der Waals surface area contributed by atoms with E-state index in [1.807, 2.05) is 0 Å². The second kappa shape index (κ2) is 3.96. The van der Waals surface area contributed by atoms with Crippen molar-refractivity contribution in [2.24, 2.45) is 0 Å². The van der Waals surface area contributed by atoms with E-state index < -0.39 is 9.85 Å². The summed E-state index contributed by atoms with van der Waals surface area (Å²) in [6.45, 7) is 0. The maximum Gasteiger partial charge on any atom is 0.390 e. The lowest BCUT2D eigenvalue weighted by atomic mass is 10.4. The smallest absolute Gasteiger partial charge is 0.358 e. The third kappa shape index (κ3) is 2.07. The molecule has 0 fully saturated rings. The van der Waals surface area contributed by atoms with Gasteiger partial charge in [0.05, 0.1) is 22.3 Å². The topological polar surface area (TPSA) is 117 Å². The van der Waals surface area contributed by atoms with Crippen LogP contribution in [-0.2, 0) is 0 Å². The maximum absolute atomic E-state index is 10.4. The molecular weight excluding hydrogens is 230 g/mol. The van der Waals surface area contributed by atoms with E-state index in [-0.39, 0.29) is 17.3 Å². The zero-order chi connectivity index (χ0) is 12.4. The number of aromatic nitrogens is 3. The zero-order valence-corrected chi connectivity index (χ0v) is 8.26. The largest absolute Gasteiger partial charge is 0.390 e. The highest BCUT2D eigenvalue weighted by Crippen LogP contribution is 2.13. The van der Waals surface area contributed by atoms with Crippen LogP contribution in [0.25, 0.3) is 5.82 Å². The lowest BCUT2D eigenvalue weighted by Gasteiger charge is -1.94. The van der Waals surface area contributed by atoms with Gasteiger partial charge in [-0.2, -0.15) is 0 Å². The van der Waals surface area contributed by atoms with Crippen LogP contribution in [0.1, 0.15) is 0 Å². The fraction of sp³-hybridized carbons (Fsp3) is 0. The number of pyridine rings is 1. The van der Waals surface area contributed by atoms with Crippen LogP contribution in [0.2, 0.25) is 0 Å². The maximum atomic E-state index is 10.4. The van der Waals surface area contributed by atoms with Crippen molar-refractivity contribution in [3.63, 3.8) is 0 Å². The Morgan fingerprint density at radius 1 is 1.12 bits per heavy atom. The Bertz CT molecular complexity index is 576. The number of rotatable bonds is 3. The predicted octanol–water partition coefficient (Wildman–Crippen LogP) is 1.08. The van der Waals surface area contributed by atoms with Crippen molar-refractivity contribution in [3.8, 4) is 5.82 Å². The van der Waals surface area contributed by atoms with Crippen molar-refractivity contribution < 1.29 is 9.85 Å². The van der Waals surface area contributed by atoms with Gasteiger partial charge in [-0.05, 0) is 11.0 Å². The van der Waals surface area contributed by atoms with Crippen molar-refractivity contribution in [3.05, 3.63) is 50.8 Å². The highest BCUT2D eigenvalue weighted by Gasteiger charge is 2.13. The lowest BCUT2D eigenvalue weighted by molar-refractivity contribution is -0.389. The molecule has 0 aromatic carbocycles. The Morgan fingerprint density at radius 3 is 2.35 bits per heavy atom. The van der Waals surface area contributed by atoms with Gasteiger partial charge in [-0.15, -0.1) is 4.68 Å². The lowest BCUT2D eigenvalue weighted by Crippen LogP contribution is -1.99. The summed E-state index contributed by atoms with van der Waals surface area (Å²) < 4.78 is 1.17. The zero-order valence-electron chi connectivity index (χ0n) is 8.26. The number of nitrogens with zero attached hydrogens (tertiary/aromatic N) is 5. The average molecular weight is 235 g/mol. The SMILES string of the molecule is O=[N+]([O-])c1ccc(-n2ccc([N+](=O)[O-])n2)nc1. The van der Waals surface area contributed by atoms with E-state index in [9.17, 15) is 20.2 Å². The summed E-state index contributed by atoms with van der Waals surface area (Å²) in [7, 11) is 0. The van der Waals surface area contributed by atoms with Crippen LogP contribution in [-0.4, -0.2) is 24.6 Å². The molecule has 2 aromatic heterocycles. The molecule has 0 N–H and O–H groups in total. The molecule has 0 radical (unpaired) electrons. The van der Waals surface area contributed by atoms with Crippen molar-refractivity contribution in [1.29, 1.82) is 0 Å². The van der Waals surface area contributed by atoms with E-state index in [1.165, 1.54) is 29.1 Å². The molecule has 2 aromatic rings. The van der Waals surface area contributed by atoms with E-state index in [0.29, 0.717) is 0 Å². The Kier molecular flexibility index (Phi) is 2.49. The highest BCUT2D eigenvalue weighted by atomic mass is 16.6. The third-order valence-electron chi connectivity index (χ3n) is 1.94. The first-order valence-corrected chi connectivity index (χ1v) is 4.39. The minimum Gasteiger partial charge on any atom is -0.358 e. The fourth-order valence-electron chi connectivity index (χ4n) is 1.16. The number of nitro groups is 2. The molecule has 0 saturated carbocycles. The van der Waals surface area contributed by atoms with Crippen LogP contribution >= 0.6 is 0 Å². The number of hydrogen-bond acceptors (Lipinski definition) is 6. The molecule has 2 heterocycles. The molecule has 0 aliphatic carbocycles. The van der Waals surface area contributed by atoms with E-state index in [1.54, 1.807) is 0 Å². The van der Waals surface area contributed by atoms with Gasteiger partial charge in [0.1, 0.15) is 6.20 Å². The quantitative estimate of drug-likeness (QED) is 0.580. The van der Waals surface area contributed by atoms with Gasteiger partial charge in [0.25, 0.3) is 5.69 Å². The number of hydrogen-bond donors (Lipinski definition) is 0. The van der Waals surface area contributed by atoms with E-state index in [4.69, 9.17) is 0 Å². The minimum absolute atomic E-state index is 0.157. The van der Waals surface area contributed by atoms with Gasteiger partial charge in [0.15, 0.2) is 5.82 Å². The summed E-state index contributed by atoms with van der Waals surface area (Å²) >= 11 is 0. The van der Waals surface area contributed by atoms with Crippen molar-refractivity contribution in [2.75, 3.05) is 0 Å². The minimum atomic E-state index is -0.637. The van der Waals surface area contributed by atoms with Crippen LogP contribution in [0.4, 0.5) is 11.5 Å². The Hall–Kier alpha value is -2.84. The molecule has 17 heavy (non-hydrogen) atoms. The van der Waals surface area contributed by atoms with Crippen LogP contribution in [0.5, 0.6) is 0 Å². The van der Waals surface area contributed by atoms with Gasteiger partial charge < -0.3 is 10.1 Å². The van der Waals surface area contributed by atoms with Gasteiger partial charge in [-0.3, -0.25) is 10.1 Å². The van der Waals surface area contributed by atoms with Gasteiger partial charge in [0.2, 0.25) is 0 Å². The van der Waals surface area contributed by atoms with Gasteiger partial charge in [0, 0.05) is 6.07 Å². The molecule has 2 rings (SSSR count). The average Bonchev–Trinajstić information content (AvgIpc) is 2.78. The standard InChI is InChI=1S/C8H5N5O4/c14-12(15)6-1-2-7(9-5-6)11-4-3-8(10-11)13(16)17/h1-5H. The Labute approximate surface area is 93.6 Å². The van der Waals surface area contributed by atoms with Crippen LogP contribution in [0, 0.1) is 20.2 Å². The summed E-state index contributed by atoms with van der Waals surface area (Å²) in [4.78, 5) is 23.4. The Balaban J connectivity index is 2.33. The molecule has 9 heteroatoms. The summed E-state index contributed by atoms with van der Waals surface area (Å²) in [5, 5.41) is 24.4. The molecular formula is C8H5N5O4. The first kappa shape index (κ1) is 10.7. The second-order valence-electron chi connectivity index (χ2n) is 3.01. The molecule has 0 bridgehead atoms. The van der Waals surface area contributed by atoms with Gasteiger partial charge >= 0.3 is 5.82 Å². The molecule has 9 nitrogen and oxygen atoms in total. The van der Waals surface area contributed by atoms with Crippen molar-refractivity contribution >= 4 is 11.5 Å². The summed E-state index contributed by atoms with van der Waals surface area (Å²) in [5.41, 5.74) is -0.157. The van der Waals surface area contributed by atoms with Crippen LogP contribution in [0.15, 0.2) is 30.6 Å². The summed E-state index contributed by atoms with van der Waals surface area (Å²) in [6, 6.07) is 3.81. The predicted molar refractivity (Wildman–Crippen MR) is 54.7 cm³/mol. The molecule has 86 valence electrons. The normalized spacial score (nSPS) is 10.1. The van der Waals surface area contributed by atoms with Crippen LogP contribution < -0.4 is 0 Å².